The van der Waals surface area contributed by atoms with Crippen molar-refractivity contribution in [3.63, 3.8) is 0 Å². The zero-order chi connectivity index (χ0) is 21.1. The first-order chi connectivity index (χ1) is 14.0. The Kier molecular flexibility index (Phi) is 9.02. The summed E-state index contributed by atoms with van der Waals surface area (Å²) in [6.45, 7) is 2.96. The van der Waals surface area contributed by atoms with Gasteiger partial charge in [-0.15, -0.1) is 0 Å². The van der Waals surface area contributed by atoms with Gasteiger partial charge in [-0.25, -0.2) is 0 Å². The van der Waals surface area contributed by atoms with E-state index in [0.29, 0.717) is 17.9 Å². The van der Waals surface area contributed by atoms with E-state index in [1.54, 1.807) is 32.3 Å². The van der Waals surface area contributed by atoms with Crippen LogP contribution in [0.25, 0.3) is 0 Å². The Balaban J connectivity index is 1.83. The third kappa shape index (κ3) is 7.86. The molecule has 0 aliphatic heterocycles. The van der Waals surface area contributed by atoms with Crippen LogP contribution in [0.3, 0.4) is 0 Å². The number of carbonyl (C=O) groups is 2. The number of hydrogen-bond acceptors (Lipinski definition) is 4. The van der Waals surface area contributed by atoms with Gasteiger partial charge in [0.15, 0.2) is 0 Å². The molecule has 0 unspecified atom stereocenters. The number of nitrogens with one attached hydrogen (secondary N) is 2. The molecular weight excluding hydrogens is 366 g/mol. The monoisotopic (exact) mass is 397 g/mol. The van der Waals surface area contributed by atoms with E-state index in [1.165, 1.54) is 24.2 Å². The van der Waals surface area contributed by atoms with Gasteiger partial charge in [0.25, 0.3) is 5.91 Å². The molecule has 0 saturated heterocycles. The van der Waals surface area contributed by atoms with Crippen LogP contribution in [0.4, 0.5) is 11.4 Å². The van der Waals surface area contributed by atoms with Gasteiger partial charge in [-0.1, -0.05) is 38.3 Å². The number of rotatable bonds is 11. The Bertz CT molecular complexity index is 805. The first-order valence-electron chi connectivity index (χ1n) is 10.1. The summed E-state index contributed by atoms with van der Waals surface area (Å²) in [6.07, 6.45) is 4.62. The molecule has 0 aliphatic carbocycles. The third-order valence-corrected chi connectivity index (χ3v) is 4.35. The van der Waals surface area contributed by atoms with E-state index < -0.39 is 0 Å². The Morgan fingerprint density at radius 2 is 1.72 bits per heavy atom. The molecule has 0 saturated carbocycles. The van der Waals surface area contributed by atoms with Crippen molar-refractivity contribution in [1.82, 2.24) is 4.90 Å². The lowest BCUT2D eigenvalue weighted by molar-refractivity contribution is -0.114. The molecule has 156 valence electrons. The second-order valence-corrected chi connectivity index (χ2v) is 7.12. The lowest BCUT2D eigenvalue weighted by Crippen LogP contribution is -2.23. The lowest BCUT2D eigenvalue weighted by atomic mass is 10.2. The van der Waals surface area contributed by atoms with E-state index in [0.717, 1.165) is 17.9 Å². The van der Waals surface area contributed by atoms with Crippen molar-refractivity contribution in [2.75, 3.05) is 37.9 Å². The summed E-state index contributed by atoms with van der Waals surface area (Å²) in [5.41, 5.74) is 1.99. The topological polar surface area (TPSA) is 70.7 Å². The lowest BCUT2D eigenvalue weighted by Gasteiger charge is -2.12. The molecule has 0 spiro atoms. The molecule has 0 aromatic heterocycles. The first-order valence-corrected chi connectivity index (χ1v) is 10.1. The molecule has 2 aromatic carbocycles. The van der Waals surface area contributed by atoms with Gasteiger partial charge in [-0.2, -0.15) is 0 Å². The zero-order valence-corrected chi connectivity index (χ0v) is 17.5. The molecule has 0 heterocycles. The molecule has 29 heavy (non-hydrogen) atoms. The molecule has 0 atom stereocenters. The molecule has 2 aromatic rings. The fourth-order valence-corrected chi connectivity index (χ4v) is 2.79. The molecule has 2 rings (SSSR count). The standard InChI is InChI=1S/C23H31N3O3/c1-4-5-6-7-14-29-21-13-9-12-20(16-21)25-22(27)17-24-19-11-8-10-18(15-19)23(28)26(2)3/h8-13,15-16,24H,4-7,14,17H2,1-3H3,(H,25,27). The maximum Gasteiger partial charge on any atom is 0.253 e. The average molecular weight is 398 g/mol. The number of benzene rings is 2. The number of carbonyl (C=O) groups excluding carboxylic acids is 2. The summed E-state index contributed by atoms with van der Waals surface area (Å²) in [5, 5.41) is 5.92. The van der Waals surface area contributed by atoms with Crippen LogP contribution in [0.5, 0.6) is 5.75 Å². The summed E-state index contributed by atoms with van der Waals surface area (Å²) in [4.78, 5) is 25.8. The van der Waals surface area contributed by atoms with Gasteiger partial charge in [-0.3, -0.25) is 9.59 Å². The summed E-state index contributed by atoms with van der Waals surface area (Å²) in [6, 6.07) is 14.5. The van der Waals surface area contributed by atoms with Gasteiger partial charge >= 0.3 is 0 Å². The molecule has 0 bridgehead atoms. The molecule has 2 amide bonds. The minimum absolute atomic E-state index is 0.0791. The second kappa shape index (κ2) is 11.7. The van der Waals surface area contributed by atoms with Crippen LogP contribution in [0, 0.1) is 0 Å². The van der Waals surface area contributed by atoms with Gasteiger partial charge in [0.05, 0.1) is 13.2 Å². The van der Waals surface area contributed by atoms with E-state index in [4.69, 9.17) is 4.74 Å². The minimum Gasteiger partial charge on any atom is -0.494 e. The highest BCUT2D eigenvalue weighted by Gasteiger charge is 2.09. The van der Waals surface area contributed by atoms with Crippen molar-refractivity contribution in [3.8, 4) is 5.75 Å². The van der Waals surface area contributed by atoms with E-state index in [2.05, 4.69) is 17.6 Å². The molecule has 6 nitrogen and oxygen atoms in total. The molecule has 0 radical (unpaired) electrons. The molecule has 0 aliphatic rings. The van der Waals surface area contributed by atoms with Crippen molar-refractivity contribution in [3.05, 3.63) is 54.1 Å². The maximum absolute atomic E-state index is 12.3. The van der Waals surface area contributed by atoms with Crippen molar-refractivity contribution in [1.29, 1.82) is 0 Å². The molecule has 0 fully saturated rings. The fourth-order valence-electron chi connectivity index (χ4n) is 2.79. The minimum atomic E-state index is -0.172. The number of anilines is 2. The van der Waals surface area contributed by atoms with Crippen LogP contribution in [-0.2, 0) is 4.79 Å². The number of hydrogen-bond donors (Lipinski definition) is 2. The molecular formula is C23H31N3O3. The Morgan fingerprint density at radius 1 is 0.966 bits per heavy atom. The van der Waals surface area contributed by atoms with E-state index in [1.807, 2.05) is 30.3 Å². The SMILES string of the molecule is CCCCCCOc1cccc(NC(=O)CNc2cccc(C(=O)N(C)C)c2)c1. The fraction of sp³-hybridized carbons (Fsp3) is 0.391. The predicted molar refractivity (Wildman–Crippen MR) is 118 cm³/mol. The second-order valence-electron chi connectivity index (χ2n) is 7.12. The number of amides is 2. The van der Waals surface area contributed by atoms with Crippen LogP contribution in [0.1, 0.15) is 43.0 Å². The van der Waals surface area contributed by atoms with Crippen LogP contribution in [0.15, 0.2) is 48.5 Å². The average Bonchev–Trinajstić information content (AvgIpc) is 2.72. The van der Waals surface area contributed by atoms with Crippen molar-refractivity contribution in [2.45, 2.75) is 32.6 Å². The van der Waals surface area contributed by atoms with Crippen LogP contribution >= 0.6 is 0 Å². The van der Waals surface area contributed by atoms with Crippen molar-refractivity contribution >= 4 is 23.2 Å². The highest BCUT2D eigenvalue weighted by atomic mass is 16.5. The van der Waals surface area contributed by atoms with Gasteiger partial charge in [0.1, 0.15) is 5.75 Å². The predicted octanol–water partition coefficient (Wildman–Crippen LogP) is 4.40. The van der Waals surface area contributed by atoms with Crippen LogP contribution in [-0.4, -0.2) is 44.0 Å². The summed E-state index contributed by atoms with van der Waals surface area (Å²) in [7, 11) is 3.41. The Hall–Kier alpha value is -3.02. The zero-order valence-electron chi connectivity index (χ0n) is 17.5. The van der Waals surface area contributed by atoms with E-state index in [-0.39, 0.29) is 18.4 Å². The van der Waals surface area contributed by atoms with Gasteiger partial charge < -0.3 is 20.3 Å². The summed E-state index contributed by atoms with van der Waals surface area (Å²) < 4.78 is 5.76. The van der Waals surface area contributed by atoms with Crippen molar-refractivity contribution in [2.24, 2.45) is 0 Å². The highest BCUT2D eigenvalue weighted by Crippen LogP contribution is 2.18. The van der Waals surface area contributed by atoms with E-state index >= 15 is 0 Å². The highest BCUT2D eigenvalue weighted by molar-refractivity contribution is 5.96. The number of ether oxygens (including phenoxy) is 1. The number of nitrogens with zero attached hydrogens (tertiary/aromatic N) is 1. The van der Waals surface area contributed by atoms with Gasteiger partial charge in [0, 0.05) is 37.1 Å². The van der Waals surface area contributed by atoms with Gasteiger partial charge in [-0.05, 0) is 36.8 Å². The molecule has 2 N–H and O–H groups in total. The smallest absolute Gasteiger partial charge is 0.253 e. The van der Waals surface area contributed by atoms with E-state index in [9.17, 15) is 9.59 Å². The third-order valence-electron chi connectivity index (χ3n) is 4.35. The summed E-state index contributed by atoms with van der Waals surface area (Å²) in [5.74, 6) is 0.501. The Labute approximate surface area is 173 Å². The number of unbranched alkanes of at least 4 members (excludes halogenated alkanes) is 3. The first kappa shape index (κ1) is 22.3. The van der Waals surface area contributed by atoms with Crippen molar-refractivity contribution < 1.29 is 14.3 Å². The van der Waals surface area contributed by atoms with Crippen LogP contribution < -0.4 is 15.4 Å². The maximum atomic E-state index is 12.3. The van der Waals surface area contributed by atoms with Crippen LogP contribution in [0.2, 0.25) is 0 Å². The quantitative estimate of drug-likeness (QED) is 0.552. The Morgan fingerprint density at radius 3 is 2.48 bits per heavy atom. The normalized spacial score (nSPS) is 10.3. The largest absolute Gasteiger partial charge is 0.494 e. The molecule has 6 heteroatoms. The summed E-state index contributed by atoms with van der Waals surface area (Å²) >= 11 is 0. The van der Waals surface area contributed by atoms with Gasteiger partial charge in [0.2, 0.25) is 5.91 Å².